The first-order valence-corrected chi connectivity index (χ1v) is 7.28. The maximum Gasteiger partial charge on any atom is 0.171 e. The highest BCUT2D eigenvalue weighted by Gasteiger charge is 2.19. The van der Waals surface area contributed by atoms with E-state index in [-0.39, 0.29) is 5.78 Å². The number of Topliss-reactive ketones (excluding diaryl/α,β-unsaturated/α-hetero) is 1. The summed E-state index contributed by atoms with van der Waals surface area (Å²) in [5.74, 6) is 0.911. The molecule has 3 aromatic rings. The summed E-state index contributed by atoms with van der Waals surface area (Å²) >= 11 is 0. The van der Waals surface area contributed by atoms with Crippen LogP contribution in [0.15, 0.2) is 52.9 Å². The van der Waals surface area contributed by atoms with Gasteiger partial charge < -0.3 is 4.42 Å². The van der Waals surface area contributed by atoms with E-state index in [1.54, 1.807) is 0 Å². The lowest BCUT2D eigenvalue weighted by molar-refractivity contribution is 0.0992. The first-order chi connectivity index (χ1) is 10.2. The Hall–Kier alpha value is -2.35. The first kappa shape index (κ1) is 13.6. The van der Waals surface area contributed by atoms with Crippen molar-refractivity contribution in [3.8, 4) is 0 Å². The number of carbonyl (C=O) groups is 1. The highest BCUT2D eigenvalue weighted by Crippen LogP contribution is 2.27. The number of furan rings is 1. The maximum absolute atomic E-state index is 12.7. The number of rotatable bonds is 4. The molecule has 0 amide bonds. The van der Waals surface area contributed by atoms with E-state index in [1.807, 2.05) is 62.4 Å². The molecule has 0 N–H and O–H groups in total. The van der Waals surface area contributed by atoms with Crippen LogP contribution in [0.2, 0.25) is 0 Å². The van der Waals surface area contributed by atoms with Gasteiger partial charge in [-0.15, -0.1) is 0 Å². The molecular formula is C19H18O2. The summed E-state index contributed by atoms with van der Waals surface area (Å²) < 4.78 is 5.81. The number of benzene rings is 2. The molecule has 0 unspecified atom stereocenters. The Bertz CT molecular complexity index is 779. The highest BCUT2D eigenvalue weighted by molar-refractivity contribution is 6.09. The molecule has 0 saturated heterocycles. The Kier molecular flexibility index (Phi) is 3.61. The monoisotopic (exact) mass is 278 g/mol. The zero-order chi connectivity index (χ0) is 14.8. The van der Waals surface area contributed by atoms with Crippen LogP contribution in [0, 0.1) is 6.92 Å². The summed E-state index contributed by atoms with van der Waals surface area (Å²) in [6.07, 6.45) is 1.14. The fourth-order valence-electron chi connectivity index (χ4n) is 2.63. The zero-order valence-electron chi connectivity index (χ0n) is 12.3. The van der Waals surface area contributed by atoms with Gasteiger partial charge in [-0.2, -0.15) is 0 Å². The van der Waals surface area contributed by atoms with E-state index in [2.05, 4.69) is 0 Å². The third-order valence-electron chi connectivity index (χ3n) is 3.75. The summed E-state index contributed by atoms with van der Waals surface area (Å²) in [5, 5.41) is 0.923. The number of carbonyl (C=O) groups excluding carboxylic acids is 1. The largest absolute Gasteiger partial charge is 0.460 e. The molecule has 0 spiro atoms. The van der Waals surface area contributed by atoms with Crippen molar-refractivity contribution in [2.45, 2.75) is 26.7 Å². The summed E-state index contributed by atoms with van der Waals surface area (Å²) in [5.41, 5.74) is 3.78. The summed E-state index contributed by atoms with van der Waals surface area (Å²) in [6, 6.07) is 15.9. The molecule has 0 aliphatic rings. The van der Waals surface area contributed by atoms with Crippen LogP contribution in [0.4, 0.5) is 0 Å². The van der Waals surface area contributed by atoms with E-state index in [4.69, 9.17) is 4.42 Å². The van der Waals surface area contributed by atoms with Crippen LogP contribution >= 0.6 is 0 Å². The summed E-state index contributed by atoms with van der Waals surface area (Å²) in [7, 11) is 0. The number of hydrogen-bond acceptors (Lipinski definition) is 2. The second-order valence-electron chi connectivity index (χ2n) is 5.34. The lowest BCUT2D eigenvalue weighted by atomic mass is 9.99. The van der Waals surface area contributed by atoms with Crippen LogP contribution in [0.5, 0.6) is 0 Å². The van der Waals surface area contributed by atoms with Gasteiger partial charge in [0.05, 0.1) is 5.56 Å². The second-order valence-corrected chi connectivity index (χ2v) is 5.34. The van der Waals surface area contributed by atoms with Gasteiger partial charge in [0, 0.05) is 18.2 Å². The van der Waals surface area contributed by atoms with Crippen molar-refractivity contribution in [3.63, 3.8) is 0 Å². The Morgan fingerprint density at radius 1 is 1.05 bits per heavy atom. The number of para-hydroxylation sites is 1. The highest BCUT2D eigenvalue weighted by atomic mass is 16.3. The topological polar surface area (TPSA) is 30.2 Å². The van der Waals surface area contributed by atoms with Crippen molar-refractivity contribution in [2.75, 3.05) is 0 Å². The van der Waals surface area contributed by atoms with Gasteiger partial charge in [-0.1, -0.05) is 55.0 Å². The third-order valence-corrected chi connectivity index (χ3v) is 3.75. The predicted octanol–water partition coefficient (Wildman–Crippen LogP) is 4.73. The molecule has 0 bridgehead atoms. The van der Waals surface area contributed by atoms with E-state index in [0.29, 0.717) is 6.42 Å². The van der Waals surface area contributed by atoms with Gasteiger partial charge in [-0.25, -0.2) is 0 Å². The summed E-state index contributed by atoms with van der Waals surface area (Å²) in [4.78, 5) is 12.7. The molecule has 2 heteroatoms. The van der Waals surface area contributed by atoms with Gasteiger partial charge in [-0.3, -0.25) is 4.79 Å². The molecule has 106 valence electrons. The zero-order valence-corrected chi connectivity index (χ0v) is 12.3. The van der Waals surface area contributed by atoms with Crippen LogP contribution in [0.1, 0.15) is 34.2 Å². The third kappa shape index (κ3) is 2.62. The van der Waals surface area contributed by atoms with Crippen LogP contribution in [-0.4, -0.2) is 5.78 Å². The predicted molar refractivity (Wildman–Crippen MR) is 84.8 cm³/mol. The lowest BCUT2D eigenvalue weighted by Gasteiger charge is -2.03. The number of fused-ring (bicyclic) bond motifs is 1. The molecule has 0 radical (unpaired) electrons. The molecule has 0 aliphatic heterocycles. The average Bonchev–Trinajstić information content (AvgIpc) is 2.88. The summed E-state index contributed by atoms with van der Waals surface area (Å²) in [6.45, 7) is 4.06. The van der Waals surface area contributed by atoms with E-state index >= 15 is 0 Å². The van der Waals surface area contributed by atoms with Crippen molar-refractivity contribution < 1.29 is 9.21 Å². The van der Waals surface area contributed by atoms with Gasteiger partial charge in [0.15, 0.2) is 5.78 Å². The van der Waals surface area contributed by atoms with Crippen LogP contribution < -0.4 is 0 Å². The van der Waals surface area contributed by atoms with E-state index in [0.717, 1.165) is 34.3 Å². The van der Waals surface area contributed by atoms with Crippen LogP contribution in [0.3, 0.4) is 0 Å². The van der Waals surface area contributed by atoms with Gasteiger partial charge in [0.1, 0.15) is 11.3 Å². The first-order valence-electron chi connectivity index (χ1n) is 7.28. The molecule has 2 nitrogen and oxygen atoms in total. The van der Waals surface area contributed by atoms with E-state index in [9.17, 15) is 4.79 Å². The molecule has 0 saturated carbocycles. The van der Waals surface area contributed by atoms with Crippen molar-refractivity contribution in [2.24, 2.45) is 0 Å². The van der Waals surface area contributed by atoms with Crippen LogP contribution in [0.25, 0.3) is 11.0 Å². The van der Waals surface area contributed by atoms with Crippen molar-refractivity contribution in [1.29, 1.82) is 0 Å². The number of aryl methyl sites for hydroxylation is 2. The fourth-order valence-corrected chi connectivity index (χ4v) is 2.63. The minimum atomic E-state index is 0.126. The number of ketones is 1. The molecule has 1 heterocycles. The van der Waals surface area contributed by atoms with Gasteiger partial charge in [-0.05, 0) is 18.6 Å². The van der Waals surface area contributed by atoms with Crippen molar-refractivity contribution in [1.82, 2.24) is 0 Å². The second kappa shape index (κ2) is 5.57. The fraction of sp³-hybridized carbons (Fsp3) is 0.211. The quantitative estimate of drug-likeness (QED) is 0.646. The molecule has 0 fully saturated rings. The molecule has 3 rings (SSSR count). The van der Waals surface area contributed by atoms with Gasteiger partial charge in [0.2, 0.25) is 0 Å². The Morgan fingerprint density at radius 3 is 2.48 bits per heavy atom. The molecule has 0 aliphatic carbocycles. The Labute approximate surface area is 124 Å². The standard InChI is InChI=1S/C19H18O2/c1-3-17-19(15-6-4-5-7-18(15)21-17)16(20)12-14-10-8-13(2)9-11-14/h4-11H,3,12H2,1-2H3. The van der Waals surface area contributed by atoms with Crippen LogP contribution in [-0.2, 0) is 12.8 Å². The number of hydrogen-bond donors (Lipinski definition) is 0. The maximum atomic E-state index is 12.7. The molecule has 1 aromatic heterocycles. The Morgan fingerprint density at radius 2 is 1.76 bits per heavy atom. The molecular weight excluding hydrogens is 260 g/mol. The van der Waals surface area contributed by atoms with E-state index in [1.165, 1.54) is 5.56 Å². The smallest absolute Gasteiger partial charge is 0.171 e. The minimum Gasteiger partial charge on any atom is -0.460 e. The van der Waals surface area contributed by atoms with Crippen molar-refractivity contribution >= 4 is 16.8 Å². The minimum absolute atomic E-state index is 0.126. The van der Waals surface area contributed by atoms with Crippen molar-refractivity contribution in [3.05, 3.63) is 71.0 Å². The van der Waals surface area contributed by atoms with Gasteiger partial charge >= 0.3 is 0 Å². The SMILES string of the molecule is CCc1oc2ccccc2c1C(=O)Cc1ccc(C)cc1. The van der Waals surface area contributed by atoms with E-state index < -0.39 is 0 Å². The molecule has 0 atom stereocenters. The van der Waals surface area contributed by atoms with Gasteiger partial charge in [0.25, 0.3) is 0 Å². The Balaban J connectivity index is 1.99. The average molecular weight is 278 g/mol. The lowest BCUT2D eigenvalue weighted by Crippen LogP contribution is -2.05. The molecule has 2 aromatic carbocycles. The normalized spacial score (nSPS) is 11.0. The molecule has 21 heavy (non-hydrogen) atoms.